The van der Waals surface area contributed by atoms with Crippen LogP contribution in [0.5, 0.6) is 5.75 Å². The average molecular weight is 431 g/mol. The van der Waals surface area contributed by atoms with Crippen LogP contribution in [0.4, 0.5) is 5.69 Å². The summed E-state index contributed by atoms with van der Waals surface area (Å²) in [6, 6.07) is 19.4. The van der Waals surface area contributed by atoms with Crippen molar-refractivity contribution in [1.82, 2.24) is 10.9 Å². The lowest BCUT2D eigenvalue weighted by molar-refractivity contribution is -0.123. The van der Waals surface area contributed by atoms with Gasteiger partial charge in [-0.2, -0.15) is 0 Å². The number of aryl methyl sites for hydroxylation is 3. The van der Waals surface area contributed by atoms with Crippen LogP contribution in [0.15, 0.2) is 66.7 Å². The first-order chi connectivity index (χ1) is 15.3. The highest BCUT2D eigenvalue weighted by Gasteiger charge is 2.11. The van der Waals surface area contributed by atoms with Crippen LogP contribution in [0.3, 0.4) is 0 Å². The van der Waals surface area contributed by atoms with Crippen LogP contribution in [-0.4, -0.2) is 24.3 Å². The summed E-state index contributed by atoms with van der Waals surface area (Å²) in [7, 11) is 0. The van der Waals surface area contributed by atoms with Crippen molar-refractivity contribution in [2.24, 2.45) is 0 Å². The molecule has 0 aromatic heterocycles. The second-order valence-electron chi connectivity index (χ2n) is 7.41. The number of hydrogen-bond donors (Lipinski definition) is 3. The van der Waals surface area contributed by atoms with Gasteiger partial charge in [-0.15, -0.1) is 0 Å². The summed E-state index contributed by atoms with van der Waals surface area (Å²) >= 11 is 0. The van der Waals surface area contributed by atoms with E-state index in [0.717, 1.165) is 16.7 Å². The Morgan fingerprint density at radius 3 is 2.22 bits per heavy atom. The molecule has 0 radical (unpaired) electrons. The van der Waals surface area contributed by atoms with E-state index in [2.05, 4.69) is 16.2 Å². The minimum Gasteiger partial charge on any atom is -0.483 e. The molecule has 3 amide bonds. The van der Waals surface area contributed by atoms with Gasteiger partial charge in [-0.05, 0) is 73.9 Å². The topological polar surface area (TPSA) is 96.5 Å². The molecule has 3 N–H and O–H groups in total. The second kappa shape index (κ2) is 10.3. The zero-order valence-corrected chi connectivity index (χ0v) is 18.2. The summed E-state index contributed by atoms with van der Waals surface area (Å²) in [5.74, 6) is -0.575. The van der Waals surface area contributed by atoms with E-state index in [0.29, 0.717) is 22.6 Å². The van der Waals surface area contributed by atoms with Gasteiger partial charge in [0.1, 0.15) is 5.75 Å². The number of hydrogen-bond acceptors (Lipinski definition) is 4. The normalized spacial score (nSPS) is 10.2. The van der Waals surface area contributed by atoms with Crippen molar-refractivity contribution in [3.05, 3.63) is 94.5 Å². The highest BCUT2D eigenvalue weighted by Crippen LogP contribution is 2.19. The Hall–Kier alpha value is -4.13. The van der Waals surface area contributed by atoms with E-state index in [1.807, 2.05) is 51.1 Å². The van der Waals surface area contributed by atoms with Crippen LogP contribution in [0.1, 0.15) is 37.4 Å². The molecule has 0 unspecified atom stereocenters. The van der Waals surface area contributed by atoms with Crippen LogP contribution in [-0.2, 0) is 4.79 Å². The lowest BCUT2D eigenvalue weighted by Gasteiger charge is -2.11. The molecule has 3 rings (SSSR count). The fourth-order valence-electron chi connectivity index (χ4n) is 2.97. The zero-order valence-electron chi connectivity index (χ0n) is 18.2. The summed E-state index contributed by atoms with van der Waals surface area (Å²) in [5, 5.41) is 2.80. The van der Waals surface area contributed by atoms with Gasteiger partial charge in [-0.1, -0.05) is 30.3 Å². The summed E-state index contributed by atoms with van der Waals surface area (Å²) < 4.78 is 5.51. The predicted octanol–water partition coefficient (Wildman–Crippen LogP) is 3.70. The van der Waals surface area contributed by atoms with Crippen molar-refractivity contribution in [3.8, 4) is 5.75 Å². The molecule has 0 saturated heterocycles. The summed E-state index contributed by atoms with van der Waals surface area (Å²) in [5.41, 5.74) is 8.96. The zero-order chi connectivity index (χ0) is 23.1. The Labute approximate surface area is 186 Å². The van der Waals surface area contributed by atoms with Gasteiger partial charge in [0.25, 0.3) is 17.7 Å². The molecule has 0 fully saturated rings. The molecule has 7 nitrogen and oxygen atoms in total. The van der Waals surface area contributed by atoms with E-state index in [1.54, 1.807) is 36.4 Å². The van der Waals surface area contributed by atoms with Crippen molar-refractivity contribution >= 4 is 23.4 Å². The Bertz CT molecular complexity index is 1140. The van der Waals surface area contributed by atoms with Crippen LogP contribution >= 0.6 is 0 Å². The number of ether oxygens (including phenoxy) is 1. The van der Waals surface area contributed by atoms with E-state index in [4.69, 9.17) is 4.74 Å². The van der Waals surface area contributed by atoms with Gasteiger partial charge in [0, 0.05) is 16.8 Å². The van der Waals surface area contributed by atoms with Crippen LogP contribution in [0.25, 0.3) is 0 Å². The average Bonchev–Trinajstić information content (AvgIpc) is 2.78. The Morgan fingerprint density at radius 2 is 1.50 bits per heavy atom. The third-order valence-electron chi connectivity index (χ3n) is 4.81. The van der Waals surface area contributed by atoms with Crippen molar-refractivity contribution < 1.29 is 19.1 Å². The van der Waals surface area contributed by atoms with E-state index in [-0.39, 0.29) is 12.5 Å². The first-order valence-corrected chi connectivity index (χ1v) is 10.1. The number of amides is 3. The lowest BCUT2D eigenvalue weighted by atomic mass is 10.1. The molecule has 0 aliphatic heterocycles. The van der Waals surface area contributed by atoms with Gasteiger partial charge in [-0.25, -0.2) is 0 Å². The lowest BCUT2D eigenvalue weighted by Crippen LogP contribution is -2.43. The fourth-order valence-corrected chi connectivity index (χ4v) is 2.97. The first kappa shape index (κ1) is 22.6. The third-order valence-corrected chi connectivity index (χ3v) is 4.81. The van der Waals surface area contributed by atoms with E-state index in [9.17, 15) is 14.4 Å². The second-order valence-corrected chi connectivity index (χ2v) is 7.41. The van der Waals surface area contributed by atoms with Gasteiger partial charge in [0.2, 0.25) is 0 Å². The monoisotopic (exact) mass is 431 g/mol. The van der Waals surface area contributed by atoms with Gasteiger partial charge in [-0.3, -0.25) is 25.2 Å². The van der Waals surface area contributed by atoms with E-state index < -0.39 is 11.8 Å². The number of rotatable bonds is 6. The molecular formula is C25H25N3O4. The summed E-state index contributed by atoms with van der Waals surface area (Å²) in [6.07, 6.45) is 0. The SMILES string of the molecule is Cc1ccc(C)c(OCC(=O)NNC(=O)c2ccc(NC(=O)c3ccccc3C)cc2)c1. The molecule has 0 atom stereocenters. The molecule has 3 aromatic rings. The predicted molar refractivity (Wildman–Crippen MR) is 123 cm³/mol. The minimum atomic E-state index is -0.485. The smallest absolute Gasteiger partial charge is 0.276 e. The maximum Gasteiger partial charge on any atom is 0.276 e. The number of carbonyl (C=O) groups excluding carboxylic acids is 3. The Morgan fingerprint density at radius 1 is 0.781 bits per heavy atom. The summed E-state index contributed by atoms with van der Waals surface area (Å²) in [4.78, 5) is 36.6. The standard InChI is InChI=1S/C25H25N3O4/c1-16-8-9-18(3)22(14-16)32-15-23(29)27-28-24(30)19-10-12-20(13-11-19)26-25(31)21-7-5-4-6-17(21)2/h4-14H,15H2,1-3H3,(H,26,31)(H,27,29)(H,28,30). The van der Waals surface area contributed by atoms with Crippen LogP contribution < -0.4 is 20.9 Å². The number of hydrazine groups is 1. The molecular weight excluding hydrogens is 406 g/mol. The number of nitrogens with one attached hydrogen (secondary N) is 3. The maximum absolute atomic E-state index is 12.4. The first-order valence-electron chi connectivity index (χ1n) is 10.1. The Balaban J connectivity index is 1.49. The summed E-state index contributed by atoms with van der Waals surface area (Å²) in [6.45, 7) is 5.46. The molecule has 7 heteroatoms. The highest BCUT2D eigenvalue weighted by atomic mass is 16.5. The van der Waals surface area contributed by atoms with E-state index >= 15 is 0 Å². The minimum absolute atomic E-state index is 0.226. The van der Waals surface area contributed by atoms with Crippen molar-refractivity contribution in [1.29, 1.82) is 0 Å². The maximum atomic E-state index is 12.4. The molecule has 3 aromatic carbocycles. The number of benzene rings is 3. The van der Waals surface area contributed by atoms with Crippen molar-refractivity contribution in [3.63, 3.8) is 0 Å². The van der Waals surface area contributed by atoms with Gasteiger partial charge in [0.05, 0.1) is 0 Å². The van der Waals surface area contributed by atoms with Crippen LogP contribution in [0, 0.1) is 20.8 Å². The highest BCUT2D eigenvalue weighted by molar-refractivity contribution is 6.05. The quantitative estimate of drug-likeness (QED) is 0.519. The molecule has 0 bridgehead atoms. The molecule has 0 saturated carbocycles. The molecule has 0 spiro atoms. The molecule has 32 heavy (non-hydrogen) atoms. The van der Waals surface area contributed by atoms with Gasteiger partial charge < -0.3 is 10.1 Å². The Kier molecular flexibility index (Phi) is 7.23. The van der Waals surface area contributed by atoms with Crippen LogP contribution in [0.2, 0.25) is 0 Å². The molecule has 0 aliphatic rings. The molecule has 164 valence electrons. The molecule has 0 heterocycles. The van der Waals surface area contributed by atoms with Crippen molar-refractivity contribution in [2.45, 2.75) is 20.8 Å². The number of carbonyl (C=O) groups is 3. The molecule has 0 aliphatic carbocycles. The number of anilines is 1. The van der Waals surface area contributed by atoms with Crippen molar-refractivity contribution in [2.75, 3.05) is 11.9 Å². The van der Waals surface area contributed by atoms with Gasteiger partial charge >= 0.3 is 0 Å². The largest absolute Gasteiger partial charge is 0.483 e. The van der Waals surface area contributed by atoms with Gasteiger partial charge in [0.15, 0.2) is 6.61 Å². The van der Waals surface area contributed by atoms with E-state index in [1.165, 1.54) is 0 Å². The fraction of sp³-hybridized carbons (Fsp3) is 0.160. The third kappa shape index (κ3) is 5.95.